The molecule has 4 N–H and O–H groups in total. The van der Waals surface area contributed by atoms with Gasteiger partial charge in [0, 0.05) is 17.3 Å². The van der Waals surface area contributed by atoms with Crippen molar-refractivity contribution in [1.29, 1.82) is 0 Å². The van der Waals surface area contributed by atoms with Crippen molar-refractivity contribution in [2.24, 2.45) is 0 Å². The summed E-state index contributed by atoms with van der Waals surface area (Å²) in [7, 11) is 0. The van der Waals surface area contributed by atoms with Gasteiger partial charge < -0.3 is 16.4 Å². The van der Waals surface area contributed by atoms with E-state index in [-0.39, 0.29) is 5.91 Å². The number of thiazole rings is 1. The lowest BCUT2D eigenvalue weighted by Crippen LogP contribution is -2.13. The van der Waals surface area contributed by atoms with Crippen LogP contribution in [0, 0.1) is 20.8 Å². The summed E-state index contributed by atoms with van der Waals surface area (Å²) in [5.74, 6) is 0.803. The highest BCUT2D eigenvalue weighted by Gasteiger charge is 2.13. The maximum Gasteiger partial charge on any atom is 0.255 e. The fraction of sp³-hybridized carbons (Fsp3) is 0.143. The lowest BCUT2D eigenvalue weighted by atomic mass is 10.0. The van der Waals surface area contributed by atoms with Crippen LogP contribution in [0.1, 0.15) is 27.0 Å². The normalized spacial score (nSPS) is 10.9. The summed E-state index contributed by atoms with van der Waals surface area (Å²) < 4.78 is 0.902. The predicted octanol–water partition coefficient (Wildman–Crippen LogP) is 4.59. The molecule has 0 spiro atoms. The molecule has 146 valence electrons. The van der Waals surface area contributed by atoms with Gasteiger partial charge in [0.05, 0.1) is 10.2 Å². The molecule has 0 saturated carbocycles. The van der Waals surface area contributed by atoms with Crippen LogP contribution >= 0.6 is 11.3 Å². The smallest absolute Gasteiger partial charge is 0.255 e. The third kappa shape index (κ3) is 4.02. The Labute approximate surface area is 172 Å². The van der Waals surface area contributed by atoms with Gasteiger partial charge in [0.25, 0.3) is 5.91 Å². The summed E-state index contributed by atoms with van der Waals surface area (Å²) in [6.45, 7) is 6.05. The molecule has 0 saturated heterocycles. The lowest BCUT2D eigenvalue weighted by molar-refractivity contribution is 0.102. The van der Waals surface area contributed by atoms with E-state index in [1.54, 1.807) is 12.1 Å². The standard InChI is InChI=1S/C21H20N6OS/c1-11-6-12(2)19(13(3)7-11)27-20(28)14-4-5-15-16(8-14)29-21(25-15)26-18-9-17(22)23-10-24-18/h4-10H,1-3H3,(H,27,28)(H3,22,23,24,25,26). The first-order chi connectivity index (χ1) is 13.9. The second-order valence-corrected chi connectivity index (χ2v) is 7.91. The van der Waals surface area contributed by atoms with Crippen molar-refractivity contribution in [2.75, 3.05) is 16.4 Å². The predicted molar refractivity (Wildman–Crippen MR) is 118 cm³/mol. The molecule has 4 aromatic rings. The van der Waals surface area contributed by atoms with E-state index in [9.17, 15) is 4.79 Å². The van der Waals surface area contributed by atoms with E-state index >= 15 is 0 Å². The van der Waals surface area contributed by atoms with E-state index < -0.39 is 0 Å². The molecule has 2 aromatic heterocycles. The van der Waals surface area contributed by atoms with Gasteiger partial charge in [0.15, 0.2) is 5.13 Å². The number of rotatable bonds is 4. The molecule has 0 fully saturated rings. The molecule has 0 aliphatic rings. The highest BCUT2D eigenvalue weighted by Crippen LogP contribution is 2.29. The number of benzene rings is 2. The average Bonchev–Trinajstić information content (AvgIpc) is 3.05. The quantitative estimate of drug-likeness (QED) is 0.459. The number of anilines is 4. The van der Waals surface area contributed by atoms with Crippen molar-refractivity contribution >= 4 is 49.9 Å². The molecule has 1 amide bonds. The van der Waals surface area contributed by atoms with Gasteiger partial charge in [-0.25, -0.2) is 15.0 Å². The van der Waals surface area contributed by atoms with Gasteiger partial charge in [-0.1, -0.05) is 29.0 Å². The van der Waals surface area contributed by atoms with Crippen molar-refractivity contribution in [2.45, 2.75) is 20.8 Å². The molecular weight excluding hydrogens is 384 g/mol. The summed E-state index contributed by atoms with van der Waals surface area (Å²) in [5.41, 5.74) is 11.2. The highest BCUT2D eigenvalue weighted by atomic mass is 32.1. The van der Waals surface area contributed by atoms with Crippen LogP contribution in [0.2, 0.25) is 0 Å². The zero-order valence-corrected chi connectivity index (χ0v) is 17.1. The van der Waals surface area contributed by atoms with E-state index in [2.05, 4.69) is 37.7 Å². The number of nitrogens with two attached hydrogens (primary N) is 1. The van der Waals surface area contributed by atoms with Crippen molar-refractivity contribution in [3.05, 3.63) is 65.0 Å². The van der Waals surface area contributed by atoms with Crippen LogP contribution in [0.15, 0.2) is 42.7 Å². The molecule has 0 bridgehead atoms. The summed E-state index contributed by atoms with van der Waals surface area (Å²) in [6.07, 6.45) is 1.39. The number of hydrogen-bond donors (Lipinski definition) is 3. The summed E-state index contributed by atoms with van der Waals surface area (Å²) >= 11 is 1.44. The molecule has 8 heteroatoms. The third-order valence-electron chi connectivity index (χ3n) is 4.49. The number of aromatic nitrogens is 3. The molecule has 7 nitrogen and oxygen atoms in total. The molecule has 0 aliphatic heterocycles. The molecule has 2 aromatic carbocycles. The lowest BCUT2D eigenvalue weighted by Gasteiger charge is -2.12. The number of hydrogen-bond acceptors (Lipinski definition) is 7. The largest absolute Gasteiger partial charge is 0.384 e. The maximum absolute atomic E-state index is 12.8. The maximum atomic E-state index is 12.8. The number of aryl methyl sites for hydroxylation is 3. The topological polar surface area (TPSA) is 106 Å². The van der Waals surface area contributed by atoms with E-state index in [4.69, 9.17) is 5.73 Å². The minimum absolute atomic E-state index is 0.145. The zero-order chi connectivity index (χ0) is 20.5. The molecule has 2 heterocycles. The second-order valence-electron chi connectivity index (χ2n) is 6.88. The fourth-order valence-corrected chi connectivity index (χ4v) is 4.14. The minimum Gasteiger partial charge on any atom is -0.384 e. The van der Waals surface area contributed by atoms with Crippen LogP contribution in [0.25, 0.3) is 10.2 Å². The highest BCUT2D eigenvalue weighted by molar-refractivity contribution is 7.22. The first kappa shape index (κ1) is 18.8. The Balaban J connectivity index is 1.58. The van der Waals surface area contributed by atoms with E-state index in [1.165, 1.54) is 23.2 Å². The van der Waals surface area contributed by atoms with Crippen LogP contribution in [-0.4, -0.2) is 20.9 Å². The van der Waals surface area contributed by atoms with Crippen LogP contribution in [0.4, 0.5) is 22.5 Å². The fourth-order valence-electron chi connectivity index (χ4n) is 3.23. The first-order valence-electron chi connectivity index (χ1n) is 9.03. The Morgan fingerprint density at radius 3 is 2.52 bits per heavy atom. The Hall–Kier alpha value is -3.52. The number of nitrogen functional groups attached to an aromatic ring is 1. The molecule has 0 atom stereocenters. The summed E-state index contributed by atoms with van der Waals surface area (Å²) in [5, 5.41) is 6.82. The Bertz CT molecular complexity index is 1210. The molecule has 0 unspecified atom stereocenters. The van der Waals surface area contributed by atoms with Gasteiger partial charge >= 0.3 is 0 Å². The third-order valence-corrected chi connectivity index (χ3v) is 5.42. The number of carbonyl (C=O) groups is 1. The SMILES string of the molecule is Cc1cc(C)c(NC(=O)c2ccc3nc(Nc4cc(N)ncn4)sc3c2)c(C)c1. The number of nitrogens with zero attached hydrogens (tertiary/aromatic N) is 3. The van der Waals surface area contributed by atoms with Crippen LogP contribution in [0.5, 0.6) is 0 Å². The summed E-state index contributed by atoms with van der Waals surface area (Å²) in [4.78, 5) is 25.3. The molecule has 29 heavy (non-hydrogen) atoms. The number of nitrogens with one attached hydrogen (secondary N) is 2. The van der Waals surface area contributed by atoms with Gasteiger partial charge in [-0.3, -0.25) is 4.79 Å². The van der Waals surface area contributed by atoms with Crippen molar-refractivity contribution in [3.63, 3.8) is 0 Å². The van der Waals surface area contributed by atoms with Crippen LogP contribution in [0.3, 0.4) is 0 Å². The van der Waals surface area contributed by atoms with Crippen LogP contribution in [-0.2, 0) is 0 Å². The second kappa shape index (κ2) is 7.48. The van der Waals surface area contributed by atoms with Crippen LogP contribution < -0.4 is 16.4 Å². The van der Waals surface area contributed by atoms with Crippen molar-refractivity contribution in [3.8, 4) is 0 Å². The Morgan fingerprint density at radius 1 is 1.03 bits per heavy atom. The molecule has 0 aliphatic carbocycles. The first-order valence-corrected chi connectivity index (χ1v) is 9.85. The minimum atomic E-state index is -0.145. The average molecular weight is 404 g/mol. The number of amides is 1. The van der Waals surface area contributed by atoms with E-state index in [0.29, 0.717) is 22.3 Å². The summed E-state index contributed by atoms with van der Waals surface area (Å²) in [6, 6.07) is 11.2. The van der Waals surface area contributed by atoms with Gasteiger partial charge in [0.2, 0.25) is 0 Å². The Kier molecular flexibility index (Phi) is 4.85. The van der Waals surface area contributed by atoms with Gasteiger partial charge in [-0.2, -0.15) is 0 Å². The van der Waals surface area contributed by atoms with E-state index in [0.717, 1.165) is 27.0 Å². The van der Waals surface area contributed by atoms with Gasteiger partial charge in [0.1, 0.15) is 18.0 Å². The Morgan fingerprint density at radius 2 is 1.79 bits per heavy atom. The molecule has 4 rings (SSSR count). The molecular formula is C21H20N6OS. The van der Waals surface area contributed by atoms with Gasteiger partial charge in [-0.05, 0) is 50.1 Å². The zero-order valence-electron chi connectivity index (χ0n) is 16.3. The monoisotopic (exact) mass is 404 g/mol. The number of fused-ring (bicyclic) bond motifs is 1. The van der Waals surface area contributed by atoms with Crippen molar-refractivity contribution < 1.29 is 4.79 Å². The van der Waals surface area contributed by atoms with E-state index in [1.807, 2.05) is 32.9 Å². The number of carbonyl (C=O) groups excluding carboxylic acids is 1. The van der Waals surface area contributed by atoms with Crippen molar-refractivity contribution in [1.82, 2.24) is 15.0 Å². The molecule has 0 radical (unpaired) electrons. The van der Waals surface area contributed by atoms with Gasteiger partial charge in [-0.15, -0.1) is 0 Å².